The van der Waals surface area contributed by atoms with Crippen molar-refractivity contribution in [2.24, 2.45) is 0 Å². The number of hydrogen-bond acceptors (Lipinski definition) is 3. The van der Waals surface area contributed by atoms with Gasteiger partial charge in [-0.2, -0.15) is 5.10 Å². The van der Waals surface area contributed by atoms with E-state index in [9.17, 15) is 0 Å². The molecule has 108 valence electrons. The van der Waals surface area contributed by atoms with Crippen LogP contribution in [-0.4, -0.2) is 30.5 Å². The molecule has 0 aliphatic carbocycles. The predicted octanol–water partition coefficient (Wildman–Crippen LogP) is 2.91. The van der Waals surface area contributed by atoms with Gasteiger partial charge in [0.15, 0.2) is 0 Å². The van der Waals surface area contributed by atoms with Crippen molar-refractivity contribution in [2.75, 3.05) is 20.8 Å². The van der Waals surface area contributed by atoms with E-state index in [-0.39, 0.29) is 6.04 Å². The van der Waals surface area contributed by atoms with Crippen LogP contribution in [0.5, 0.6) is 0 Å². The fraction of sp³-hybridized carbons (Fsp3) is 0.400. The molecular formula is C15H20BrN3O. The summed E-state index contributed by atoms with van der Waals surface area (Å²) in [5.41, 5.74) is 3.60. The highest BCUT2D eigenvalue weighted by atomic mass is 79.9. The largest absolute Gasteiger partial charge is 0.383 e. The van der Waals surface area contributed by atoms with Gasteiger partial charge >= 0.3 is 0 Å². The lowest BCUT2D eigenvalue weighted by Gasteiger charge is -2.19. The number of nitrogens with zero attached hydrogens (tertiary/aromatic N) is 2. The maximum Gasteiger partial charge on any atom is 0.0757 e. The predicted molar refractivity (Wildman–Crippen MR) is 83.9 cm³/mol. The summed E-state index contributed by atoms with van der Waals surface area (Å²) in [6.45, 7) is 3.48. The van der Waals surface area contributed by atoms with Crippen LogP contribution in [0, 0.1) is 6.92 Å². The molecule has 4 nitrogen and oxygen atoms in total. The number of hydrogen-bond donors (Lipinski definition) is 1. The van der Waals surface area contributed by atoms with E-state index in [1.54, 1.807) is 7.11 Å². The molecule has 1 N–H and O–H groups in total. The fourth-order valence-electron chi connectivity index (χ4n) is 2.24. The van der Waals surface area contributed by atoms with Gasteiger partial charge in [-0.15, -0.1) is 0 Å². The third kappa shape index (κ3) is 3.29. The highest BCUT2D eigenvalue weighted by Crippen LogP contribution is 2.28. The van der Waals surface area contributed by atoms with Gasteiger partial charge in [-0.3, -0.25) is 4.68 Å². The smallest absolute Gasteiger partial charge is 0.0757 e. The van der Waals surface area contributed by atoms with E-state index >= 15 is 0 Å². The van der Waals surface area contributed by atoms with Crippen molar-refractivity contribution in [2.45, 2.75) is 19.5 Å². The molecular weight excluding hydrogens is 318 g/mol. The maximum atomic E-state index is 5.15. The monoisotopic (exact) mass is 337 g/mol. The Balaban J connectivity index is 2.35. The van der Waals surface area contributed by atoms with Crippen molar-refractivity contribution in [3.8, 4) is 0 Å². The lowest BCUT2D eigenvalue weighted by molar-refractivity contribution is 0.182. The van der Waals surface area contributed by atoms with Crippen LogP contribution in [0.2, 0.25) is 0 Å². The van der Waals surface area contributed by atoms with Crippen LogP contribution in [0.1, 0.15) is 22.9 Å². The first-order chi connectivity index (χ1) is 9.67. The van der Waals surface area contributed by atoms with Gasteiger partial charge in [0.25, 0.3) is 0 Å². The average molecular weight is 338 g/mol. The van der Waals surface area contributed by atoms with Crippen molar-refractivity contribution in [3.63, 3.8) is 0 Å². The number of nitrogens with one attached hydrogen (secondary N) is 1. The Bertz CT molecular complexity index is 551. The van der Waals surface area contributed by atoms with E-state index in [1.165, 1.54) is 11.1 Å². The summed E-state index contributed by atoms with van der Waals surface area (Å²) >= 11 is 3.60. The van der Waals surface area contributed by atoms with E-state index < -0.39 is 0 Å². The molecule has 0 saturated carbocycles. The zero-order valence-electron chi connectivity index (χ0n) is 12.1. The quantitative estimate of drug-likeness (QED) is 0.880. The van der Waals surface area contributed by atoms with Gasteiger partial charge in [0.1, 0.15) is 0 Å². The molecule has 0 saturated heterocycles. The zero-order chi connectivity index (χ0) is 14.5. The molecule has 0 spiro atoms. The third-order valence-electron chi connectivity index (χ3n) is 3.31. The summed E-state index contributed by atoms with van der Waals surface area (Å²) in [6.07, 6.45) is 1.84. The van der Waals surface area contributed by atoms with Gasteiger partial charge in [0, 0.05) is 7.11 Å². The molecule has 0 aliphatic rings. The number of benzene rings is 1. The molecule has 20 heavy (non-hydrogen) atoms. The molecule has 1 heterocycles. The Morgan fingerprint density at radius 1 is 1.35 bits per heavy atom. The SMILES string of the molecule is CNC(c1ccc(C)cc1)c1c(Br)cnn1CCOC. The minimum Gasteiger partial charge on any atom is -0.383 e. The Hall–Kier alpha value is -1.17. The Labute approximate surface area is 128 Å². The molecule has 0 radical (unpaired) electrons. The first-order valence-electron chi connectivity index (χ1n) is 6.61. The number of methoxy groups -OCH3 is 1. The van der Waals surface area contributed by atoms with Crippen molar-refractivity contribution in [1.82, 2.24) is 15.1 Å². The van der Waals surface area contributed by atoms with Crippen molar-refractivity contribution in [3.05, 3.63) is 51.8 Å². The second-order valence-corrected chi connectivity index (χ2v) is 5.58. The number of aromatic nitrogens is 2. The number of halogens is 1. The molecule has 1 aromatic heterocycles. The zero-order valence-corrected chi connectivity index (χ0v) is 13.6. The molecule has 1 atom stereocenters. The molecule has 2 aromatic rings. The van der Waals surface area contributed by atoms with Gasteiger partial charge in [-0.1, -0.05) is 29.8 Å². The van der Waals surface area contributed by atoms with Gasteiger partial charge < -0.3 is 10.1 Å². The van der Waals surface area contributed by atoms with Crippen LogP contribution in [0.3, 0.4) is 0 Å². The van der Waals surface area contributed by atoms with E-state index in [0.29, 0.717) is 6.61 Å². The third-order valence-corrected chi connectivity index (χ3v) is 3.92. The van der Waals surface area contributed by atoms with E-state index in [2.05, 4.69) is 57.5 Å². The summed E-state index contributed by atoms with van der Waals surface area (Å²) in [7, 11) is 3.67. The van der Waals surface area contributed by atoms with Crippen molar-refractivity contribution in [1.29, 1.82) is 0 Å². The first kappa shape index (κ1) is 15.2. The number of rotatable bonds is 6. The van der Waals surface area contributed by atoms with Gasteiger partial charge in [-0.25, -0.2) is 0 Å². The van der Waals surface area contributed by atoms with Gasteiger partial charge in [0.05, 0.1) is 35.6 Å². The fourth-order valence-corrected chi connectivity index (χ4v) is 2.76. The molecule has 1 unspecified atom stereocenters. The van der Waals surface area contributed by atoms with E-state index in [4.69, 9.17) is 4.74 Å². The standard InChI is InChI=1S/C15H20BrN3O/c1-11-4-6-12(7-5-11)14(17-2)15-13(16)10-18-19(15)8-9-20-3/h4-7,10,14,17H,8-9H2,1-3H3. The summed E-state index contributed by atoms with van der Waals surface area (Å²) in [5.74, 6) is 0. The number of aryl methyl sites for hydroxylation is 1. The van der Waals surface area contributed by atoms with Crippen molar-refractivity contribution < 1.29 is 4.74 Å². The van der Waals surface area contributed by atoms with Crippen LogP contribution in [0.25, 0.3) is 0 Å². The maximum absolute atomic E-state index is 5.15. The normalized spacial score (nSPS) is 12.6. The molecule has 5 heteroatoms. The Morgan fingerprint density at radius 3 is 2.65 bits per heavy atom. The van der Waals surface area contributed by atoms with Crippen LogP contribution in [-0.2, 0) is 11.3 Å². The van der Waals surface area contributed by atoms with Crippen LogP contribution < -0.4 is 5.32 Å². The Morgan fingerprint density at radius 2 is 2.05 bits per heavy atom. The molecule has 0 aliphatic heterocycles. The summed E-state index contributed by atoms with van der Waals surface area (Å²) < 4.78 is 8.14. The summed E-state index contributed by atoms with van der Waals surface area (Å²) in [4.78, 5) is 0. The lowest BCUT2D eigenvalue weighted by Crippen LogP contribution is -2.23. The lowest BCUT2D eigenvalue weighted by atomic mass is 10.0. The minimum absolute atomic E-state index is 0.101. The molecule has 0 amide bonds. The van der Waals surface area contributed by atoms with Gasteiger partial charge in [0.2, 0.25) is 0 Å². The van der Waals surface area contributed by atoms with E-state index in [1.807, 2.05) is 17.9 Å². The van der Waals surface area contributed by atoms with E-state index in [0.717, 1.165) is 16.7 Å². The molecule has 0 bridgehead atoms. The Kier molecular flexibility index (Phi) is 5.34. The molecule has 1 aromatic carbocycles. The second-order valence-electron chi connectivity index (χ2n) is 4.73. The second kappa shape index (κ2) is 7.02. The van der Waals surface area contributed by atoms with Crippen LogP contribution in [0.15, 0.2) is 34.9 Å². The van der Waals surface area contributed by atoms with Gasteiger partial charge in [-0.05, 0) is 35.5 Å². The average Bonchev–Trinajstić information content (AvgIpc) is 2.81. The molecule has 0 fully saturated rings. The number of ether oxygens (including phenoxy) is 1. The van der Waals surface area contributed by atoms with Crippen molar-refractivity contribution >= 4 is 15.9 Å². The molecule has 2 rings (SSSR count). The van der Waals surface area contributed by atoms with Crippen LogP contribution >= 0.6 is 15.9 Å². The highest BCUT2D eigenvalue weighted by molar-refractivity contribution is 9.10. The minimum atomic E-state index is 0.101. The first-order valence-corrected chi connectivity index (χ1v) is 7.40. The highest BCUT2D eigenvalue weighted by Gasteiger charge is 2.20. The topological polar surface area (TPSA) is 39.1 Å². The summed E-state index contributed by atoms with van der Waals surface area (Å²) in [6, 6.07) is 8.66. The summed E-state index contributed by atoms with van der Waals surface area (Å²) in [5, 5.41) is 7.78. The van der Waals surface area contributed by atoms with Crippen LogP contribution in [0.4, 0.5) is 0 Å².